The maximum atomic E-state index is 13.0. The van der Waals surface area contributed by atoms with Gasteiger partial charge in [0.1, 0.15) is 5.75 Å². The molecule has 0 aromatic heterocycles. The molecule has 29 heavy (non-hydrogen) atoms. The molecule has 2 aromatic rings. The maximum Gasteiger partial charge on any atom is 0.255 e. The van der Waals surface area contributed by atoms with E-state index in [2.05, 4.69) is 47.1 Å². The molecule has 2 N–H and O–H groups in total. The van der Waals surface area contributed by atoms with Crippen LogP contribution in [0.5, 0.6) is 5.75 Å². The third-order valence-corrected chi connectivity index (χ3v) is 6.07. The lowest BCUT2D eigenvalue weighted by molar-refractivity contribution is 0.0589. The largest absolute Gasteiger partial charge is 0.494 e. The second-order valence-electron chi connectivity index (χ2n) is 8.09. The molecule has 2 aliphatic rings. The third-order valence-electron chi connectivity index (χ3n) is 6.07. The molecule has 4 rings (SSSR count). The minimum atomic E-state index is 0.169. The first-order valence-electron chi connectivity index (χ1n) is 10.8. The highest BCUT2D eigenvalue weighted by molar-refractivity contribution is 6.00. The average Bonchev–Trinajstić information content (AvgIpc) is 3.10. The number of rotatable bonds is 7. The van der Waals surface area contributed by atoms with Gasteiger partial charge >= 0.3 is 0 Å². The van der Waals surface area contributed by atoms with Gasteiger partial charge in [-0.15, -0.1) is 0 Å². The molecule has 0 aliphatic carbocycles. The summed E-state index contributed by atoms with van der Waals surface area (Å²) in [6, 6.07) is 14.8. The van der Waals surface area contributed by atoms with Gasteiger partial charge in [-0.3, -0.25) is 9.69 Å². The van der Waals surface area contributed by atoms with Crippen LogP contribution >= 0.6 is 0 Å². The van der Waals surface area contributed by atoms with Crippen LogP contribution < -0.4 is 10.5 Å². The first-order chi connectivity index (χ1) is 14.2. The van der Waals surface area contributed by atoms with Crippen LogP contribution in [0.15, 0.2) is 42.5 Å². The SMILES string of the molecule is CCCOc1ccc(CN2CCC(N3Cc4cccc(CN)c4C3=O)CC2)cc1. The lowest BCUT2D eigenvalue weighted by atomic mass is 10.0. The molecule has 0 bridgehead atoms. The second-order valence-corrected chi connectivity index (χ2v) is 8.09. The summed E-state index contributed by atoms with van der Waals surface area (Å²) in [5.41, 5.74) is 10.1. The second kappa shape index (κ2) is 8.97. The van der Waals surface area contributed by atoms with Gasteiger partial charge in [-0.25, -0.2) is 0 Å². The van der Waals surface area contributed by atoms with E-state index in [0.29, 0.717) is 12.6 Å². The average molecular weight is 394 g/mol. The quantitative estimate of drug-likeness (QED) is 0.781. The van der Waals surface area contributed by atoms with Crippen LogP contribution in [0.2, 0.25) is 0 Å². The van der Waals surface area contributed by atoms with E-state index in [4.69, 9.17) is 10.5 Å². The van der Waals surface area contributed by atoms with Crippen LogP contribution in [0, 0.1) is 0 Å². The number of benzene rings is 2. The Labute approximate surface area is 173 Å². The Morgan fingerprint density at radius 1 is 1.10 bits per heavy atom. The summed E-state index contributed by atoms with van der Waals surface area (Å²) < 4.78 is 5.67. The van der Waals surface area contributed by atoms with Crippen LogP contribution in [-0.4, -0.2) is 41.4 Å². The number of hydrogen-bond donors (Lipinski definition) is 1. The molecule has 0 spiro atoms. The topological polar surface area (TPSA) is 58.8 Å². The molecule has 5 nitrogen and oxygen atoms in total. The number of amides is 1. The summed E-state index contributed by atoms with van der Waals surface area (Å²) >= 11 is 0. The summed E-state index contributed by atoms with van der Waals surface area (Å²) in [5.74, 6) is 1.11. The van der Waals surface area contributed by atoms with Crippen molar-refractivity contribution in [3.63, 3.8) is 0 Å². The molecule has 1 fully saturated rings. The zero-order chi connectivity index (χ0) is 20.2. The minimum Gasteiger partial charge on any atom is -0.494 e. The molecule has 5 heteroatoms. The first-order valence-corrected chi connectivity index (χ1v) is 10.8. The maximum absolute atomic E-state index is 13.0. The highest BCUT2D eigenvalue weighted by Crippen LogP contribution is 2.31. The van der Waals surface area contributed by atoms with Crippen LogP contribution in [0.1, 0.15) is 53.2 Å². The highest BCUT2D eigenvalue weighted by atomic mass is 16.5. The highest BCUT2D eigenvalue weighted by Gasteiger charge is 2.35. The molecule has 154 valence electrons. The van der Waals surface area contributed by atoms with E-state index in [1.807, 2.05) is 12.1 Å². The molecule has 0 unspecified atom stereocenters. The first kappa shape index (κ1) is 19.9. The lowest BCUT2D eigenvalue weighted by Gasteiger charge is -2.36. The molecule has 2 aliphatic heterocycles. The van der Waals surface area contributed by atoms with Crippen molar-refractivity contribution in [2.45, 2.75) is 51.9 Å². The number of nitrogens with two attached hydrogens (primary N) is 1. The van der Waals surface area contributed by atoms with Gasteiger partial charge < -0.3 is 15.4 Å². The Morgan fingerprint density at radius 3 is 2.55 bits per heavy atom. The van der Waals surface area contributed by atoms with Gasteiger partial charge in [0.05, 0.1) is 6.61 Å². The molecular formula is C24H31N3O2. The number of piperidine rings is 1. The predicted molar refractivity (Wildman–Crippen MR) is 115 cm³/mol. The third kappa shape index (κ3) is 4.31. The summed E-state index contributed by atoms with van der Waals surface area (Å²) in [7, 11) is 0. The van der Waals surface area contributed by atoms with Crippen molar-refractivity contribution in [3.8, 4) is 5.75 Å². The molecule has 1 saturated heterocycles. The number of carbonyl (C=O) groups excluding carboxylic acids is 1. The molecule has 2 aromatic carbocycles. The van der Waals surface area contributed by atoms with Gasteiger partial charge in [0.2, 0.25) is 0 Å². The lowest BCUT2D eigenvalue weighted by Crippen LogP contribution is -2.44. The van der Waals surface area contributed by atoms with Crippen molar-refractivity contribution in [2.75, 3.05) is 19.7 Å². The van der Waals surface area contributed by atoms with Gasteiger partial charge in [-0.2, -0.15) is 0 Å². The van der Waals surface area contributed by atoms with Crippen molar-refractivity contribution >= 4 is 5.91 Å². The number of likely N-dealkylation sites (tertiary alicyclic amines) is 1. The number of ether oxygens (including phenoxy) is 1. The van der Waals surface area contributed by atoms with Gasteiger partial charge in [-0.1, -0.05) is 37.3 Å². The Morgan fingerprint density at radius 2 is 1.86 bits per heavy atom. The predicted octanol–water partition coefficient (Wildman–Crippen LogP) is 3.55. The van der Waals surface area contributed by atoms with E-state index in [-0.39, 0.29) is 5.91 Å². The van der Waals surface area contributed by atoms with Crippen molar-refractivity contribution in [3.05, 3.63) is 64.7 Å². The fourth-order valence-electron chi connectivity index (χ4n) is 4.48. The van der Waals surface area contributed by atoms with Gasteiger partial charge in [-0.05, 0) is 48.1 Å². The van der Waals surface area contributed by atoms with Crippen LogP contribution in [0.4, 0.5) is 0 Å². The van der Waals surface area contributed by atoms with Crippen LogP contribution in [-0.2, 0) is 19.6 Å². The zero-order valence-electron chi connectivity index (χ0n) is 17.3. The smallest absolute Gasteiger partial charge is 0.255 e. The van der Waals surface area contributed by atoms with E-state index < -0.39 is 0 Å². The summed E-state index contributed by atoms with van der Waals surface area (Å²) in [4.78, 5) is 17.6. The number of carbonyl (C=O) groups is 1. The van der Waals surface area contributed by atoms with Gasteiger partial charge in [0.15, 0.2) is 0 Å². The zero-order valence-corrected chi connectivity index (χ0v) is 17.3. The number of hydrogen-bond acceptors (Lipinski definition) is 4. The minimum absolute atomic E-state index is 0.169. The van der Waals surface area contributed by atoms with E-state index >= 15 is 0 Å². The standard InChI is InChI=1S/C24H31N3O2/c1-2-14-29-22-8-6-18(7-9-22)16-26-12-10-21(11-13-26)27-17-20-5-3-4-19(15-25)23(20)24(27)28/h3-9,21H,2,10-17,25H2,1H3. The molecule has 0 radical (unpaired) electrons. The molecule has 0 saturated carbocycles. The normalized spacial score (nSPS) is 17.6. The van der Waals surface area contributed by atoms with Crippen LogP contribution in [0.25, 0.3) is 0 Å². The van der Waals surface area contributed by atoms with E-state index in [9.17, 15) is 4.79 Å². The molecule has 0 atom stereocenters. The molecular weight excluding hydrogens is 362 g/mol. The fraction of sp³-hybridized carbons (Fsp3) is 0.458. The molecule has 2 heterocycles. The van der Waals surface area contributed by atoms with E-state index in [1.165, 1.54) is 5.56 Å². The summed E-state index contributed by atoms with van der Waals surface area (Å²) in [5, 5.41) is 0. The van der Waals surface area contributed by atoms with Gasteiger partial charge in [0.25, 0.3) is 5.91 Å². The van der Waals surface area contributed by atoms with Crippen LogP contribution in [0.3, 0.4) is 0 Å². The monoisotopic (exact) mass is 393 g/mol. The Bertz CT molecular complexity index is 842. The fourth-order valence-corrected chi connectivity index (χ4v) is 4.48. The van der Waals surface area contributed by atoms with Crippen molar-refractivity contribution < 1.29 is 9.53 Å². The number of nitrogens with zero attached hydrogens (tertiary/aromatic N) is 2. The van der Waals surface area contributed by atoms with E-state index in [0.717, 1.165) is 74.5 Å². The summed E-state index contributed by atoms with van der Waals surface area (Å²) in [6.45, 7) is 7.01. The van der Waals surface area contributed by atoms with Crippen molar-refractivity contribution in [2.24, 2.45) is 5.73 Å². The summed E-state index contributed by atoms with van der Waals surface area (Å²) in [6.07, 6.45) is 3.07. The Kier molecular flexibility index (Phi) is 6.16. The van der Waals surface area contributed by atoms with Gasteiger partial charge in [0, 0.05) is 44.3 Å². The van der Waals surface area contributed by atoms with E-state index in [1.54, 1.807) is 0 Å². The Balaban J connectivity index is 1.31. The van der Waals surface area contributed by atoms with Crippen molar-refractivity contribution in [1.29, 1.82) is 0 Å². The van der Waals surface area contributed by atoms with Crippen molar-refractivity contribution in [1.82, 2.24) is 9.80 Å². The Hall–Kier alpha value is -2.37. The molecule has 1 amide bonds. The number of fused-ring (bicyclic) bond motifs is 1.